The van der Waals surface area contributed by atoms with Gasteiger partial charge in [0.15, 0.2) is 0 Å². The quantitative estimate of drug-likeness (QED) is 0.216. The molecule has 0 fully saturated rings. The van der Waals surface area contributed by atoms with Gasteiger partial charge in [-0.05, 0) is 43.2 Å². The molecule has 0 bridgehead atoms. The summed E-state index contributed by atoms with van der Waals surface area (Å²) in [5, 5.41) is 13.9. The summed E-state index contributed by atoms with van der Waals surface area (Å²) in [5.74, 6) is -1.34. The van der Waals surface area contributed by atoms with Gasteiger partial charge in [-0.15, -0.1) is 0 Å². The molecule has 2 atom stereocenters. The van der Waals surface area contributed by atoms with Crippen LogP contribution in [0.2, 0.25) is 0 Å². The van der Waals surface area contributed by atoms with Crippen LogP contribution < -0.4 is 10.0 Å². The molecule has 0 aliphatic heterocycles. The van der Waals surface area contributed by atoms with Crippen LogP contribution in [-0.4, -0.2) is 31.8 Å². The molecule has 0 heterocycles. The zero-order valence-corrected chi connectivity index (χ0v) is 21.1. The van der Waals surface area contributed by atoms with Crippen molar-refractivity contribution in [1.29, 1.82) is 0 Å². The number of non-ortho nitro benzene ring substituents is 1. The summed E-state index contributed by atoms with van der Waals surface area (Å²) in [6.45, 7) is 3.59. The van der Waals surface area contributed by atoms with E-state index >= 15 is 0 Å². The van der Waals surface area contributed by atoms with Gasteiger partial charge in [0.05, 0.1) is 34.8 Å². The lowest BCUT2D eigenvalue weighted by molar-refractivity contribution is -0.385. The van der Waals surface area contributed by atoms with Crippen molar-refractivity contribution in [1.82, 2.24) is 5.32 Å². The standard InChI is InChI=1S/C26H27N3O7S/c1-3-36-25(30)17-24(27-26(31)18(2)19-9-5-4-6-10-19)20-11-7-12-21(15-20)28-37(34,35)23-14-8-13-22(16-23)29(32)33/h4-16,18,24,28H,3,17H2,1-2H3,(H,27,31). The van der Waals surface area contributed by atoms with Crippen molar-refractivity contribution in [2.45, 2.75) is 37.1 Å². The summed E-state index contributed by atoms with van der Waals surface area (Å²) in [6.07, 6.45) is -0.165. The number of nitrogens with one attached hydrogen (secondary N) is 2. The molecule has 3 aromatic rings. The number of hydrogen-bond acceptors (Lipinski definition) is 7. The third-order valence-electron chi connectivity index (χ3n) is 5.57. The van der Waals surface area contributed by atoms with E-state index in [0.29, 0.717) is 5.56 Å². The first-order valence-corrected chi connectivity index (χ1v) is 13.0. The summed E-state index contributed by atoms with van der Waals surface area (Å²) < 4.78 is 33.2. The SMILES string of the molecule is CCOC(=O)CC(NC(=O)C(C)c1ccccc1)c1cccc(NS(=O)(=O)c2cccc([N+](=O)[O-])c2)c1. The van der Waals surface area contributed by atoms with Crippen molar-refractivity contribution in [3.63, 3.8) is 0 Å². The lowest BCUT2D eigenvalue weighted by Crippen LogP contribution is -2.33. The van der Waals surface area contributed by atoms with Gasteiger partial charge in [-0.3, -0.25) is 24.4 Å². The Bertz CT molecular complexity index is 1380. The van der Waals surface area contributed by atoms with Crippen molar-refractivity contribution in [2.75, 3.05) is 11.3 Å². The first kappa shape index (κ1) is 27.3. The Kier molecular flexibility index (Phi) is 8.96. The fraction of sp³-hybridized carbons (Fsp3) is 0.231. The zero-order valence-electron chi connectivity index (χ0n) is 20.3. The van der Waals surface area contributed by atoms with Crippen molar-refractivity contribution in [3.8, 4) is 0 Å². The van der Waals surface area contributed by atoms with Gasteiger partial charge in [-0.1, -0.05) is 48.5 Å². The van der Waals surface area contributed by atoms with Crippen LogP contribution in [0, 0.1) is 10.1 Å². The van der Waals surface area contributed by atoms with Crippen LogP contribution in [-0.2, 0) is 24.3 Å². The molecule has 1 amide bonds. The van der Waals surface area contributed by atoms with E-state index in [1.165, 1.54) is 30.3 Å². The molecule has 2 N–H and O–H groups in total. The van der Waals surface area contributed by atoms with Crippen molar-refractivity contribution in [3.05, 3.63) is 100 Å². The number of amides is 1. The summed E-state index contributed by atoms with van der Waals surface area (Å²) in [6, 6.07) is 19.3. The number of rotatable bonds is 11. The van der Waals surface area contributed by atoms with Crippen LogP contribution in [0.4, 0.5) is 11.4 Å². The lowest BCUT2D eigenvalue weighted by Gasteiger charge is -2.22. The molecule has 194 valence electrons. The minimum absolute atomic E-state index is 0.156. The predicted molar refractivity (Wildman–Crippen MR) is 137 cm³/mol. The molecule has 0 saturated carbocycles. The number of carbonyl (C=O) groups excluding carboxylic acids is 2. The Morgan fingerprint density at radius 3 is 2.32 bits per heavy atom. The third-order valence-corrected chi connectivity index (χ3v) is 6.94. The third kappa shape index (κ3) is 7.37. The van der Waals surface area contributed by atoms with Crippen LogP contribution >= 0.6 is 0 Å². The minimum atomic E-state index is -4.15. The number of nitrogens with zero attached hydrogens (tertiary/aromatic N) is 1. The van der Waals surface area contributed by atoms with Crippen molar-refractivity contribution in [2.24, 2.45) is 0 Å². The highest BCUT2D eigenvalue weighted by Crippen LogP contribution is 2.26. The molecule has 0 spiro atoms. The van der Waals surface area contributed by atoms with E-state index in [-0.39, 0.29) is 35.2 Å². The molecule has 0 aliphatic carbocycles. The average molecular weight is 526 g/mol. The Morgan fingerprint density at radius 2 is 1.65 bits per heavy atom. The molecule has 2 unspecified atom stereocenters. The summed E-state index contributed by atoms with van der Waals surface area (Å²) >= 11 is 0. The van der Waals surface area contributed by atoms with E-state index in [1.54, 1.807) is 26.0 Å². The zero-order chi connectivity index (χ0) is 27.0. The fourth-order valence-electron chi connectivity index (χ4n) is 3.63. The molecule has 0 radical (unpaired) electrons. The highest BCUT2D eigenvalue weighted by molar-refractivity contribution is 7.92. The van der Waals surface area contributed by atoms with Gasteiger partial charge in [0.1, 0.15) is 0 Å². The van der Waals surface area contributed by atoms with E-state index in [2.05, 4.69) is 10.0 Å². The largest absolute Gasteiger partial charge is 0.466 e. The number of esters is 1. The summed E-state index contributed by atoms with van der Waals surface area (Å²) in [4.78, 5) is 35.4. The second-order valence-corrected chi connectivity index (χ2v) is 9.87. The normalized spacial score (nSPS) is 12.7. The number of nitro groups is 1. The van der Waals surface area contributed by atoms with Gasteiger partial charge in [0.25, 0.3) is 15.7 Å². The number of sulfonamides is 1. The first-order chi connectivity index (χ1) is 17.6. The molecule has 3 rings (SSSR count). The number of nitro benzene ring substituents is 1. The maximum Gasteiger partial charge on any atom is 0.308 e. The second kappa shape index (κ2) is 12.1. The molecule has 0 saturated heterocycles. The number of carbonyl (C=O) groups is 2. The number of anilines is 1. The first-order valence-electron chi connectivity index (χ1n) is 11.5. The highest BCUT2D eigenvalue weighted by atomic mass is 32.2. The maximum absolute atomic E-state index is 13.0. The maximum atomic E-state index is 13.0. The van der Waals surface area contributed by atoms with E-state index < -0.39 is 32.9 Å². The van der Waals surface area contributed by atoms with E-state index in [9.17, 15) is 28.1 Å². The molecular weight excluding hydrogens is 498 g/mol. The fourth-order valence-corrected chi connectivity index (χ4v) is 4.71. The van der Waals surface area contributed by atoms with E-state index in [1.807, 2.05) is 30.3 Å². The monoisotopic (exact) mass is 525 g/mol. The Balaban J connectivity index is 1.87. The predicted octanol–water partition coefficient (Wildman–Crippen LogP) is 4.31. The minimum Gasteiger partial charge on any atom is -0.466 e. The van der Waals surface area contributed by atoms with E-state index in [0.717, 1.165) is 11.6 Å². The van der Waals surface area contributed by atoms with Crippen molar-refractivity contribution < 1.29 is 27.7 Å². The molecule has 0 aromatic heterocycles. The lowest BCUT2D eigenvalue weighted by atomic mass is 9.98. The summed E-state index contributed by atoms with van der Waals surface area (Å²) in [5.41, 5.74) is 1.07. The van der Waals surface area contributed by atoms with Crippen LogP contribution in [0.1, 0.15) is 43.4 Å². The summed E-state index contributed by atoms with van der Waals surface area (Å²) in [7, 11) is -4.15. The van der Waals surface area contributed by atoms with Crippen LogP contribution in [0.5, 0.6) is 0 Å². The van der Waals surface area contributed by atoms with E-state index in [4.69, 9.17) is 4.74 Å². The average Bonchev–Trinajstić information content (AvgIpc) is 2.88. The van der Waals surface area contributed by atoms with Gasteiger partial charge in [-0.25, -0.2) is 8.42 Å². The van der Waals surface area contributed by atoms with Gasteiger partial charge in [0, 0.05) is 17.8 Å². The molecule has 11 heteroatoms. The molecule has 3 aromatic carbocycles. The number of ether oxygens (including phenoxy) is 1. The topological polar surface area (TPSA) is 145 Å². The Morgan fingerprint density at radius 1 is 0.973 bits per heavy atom. The molecule has 37 heavy (non-hydrogen) atoms. The smallest absolute Gasteiger partial charge is 0.308 e. The van der Waals surface area contributed by atoms with Crippen molar-refractivity contribution >= 4 is 33.3 Å². The number of benzene rings is 3. The van der Waals surface area contributed by atoms with Crippen LogP contribution in [0.25, 0.3) is 0 Å². The highest BCUT2D eigenvalue weighted by Gasteiger charge is 2.24. The molecule has 10 nitrogen and oxygen atoms in total. The van der Waals surface area contributed by atoms with Gasteiger partial charge in [-0.2, -0.15) is 0 Å². The van der Waals surface area contributed by atoms with Crippen LogP contribution in [0.15, 0.2) is 83.8 Å². The Hall–Kier alpha value is -4.25. The van der Waals surface area contributed by atoms with Gasteiger partial charge in [0.2, 0.25) is 5.91 Å². The van der Waals surface area contributed by atoms with Crippen LogP contribution in [0.3, 0.4) is 0 Å². The Labute approximate surface area is 214 Å². The van der Waals surface area contributed by atoms with Gasteiger partial charge >= 0.3 is 5.97 Å². The number of hydrogen-bond donors (Lipinski definition) is 2. The molecule has 0 aliphatic rings. The molecular formula is C26H27N3O7S. The second-order valence-electron chi connectivity index (χ2n) is 8.19. The van der Waals surface area contributed by atoms with Gasteiger partial charge < -0.3 is 10.1 Å².